The van der Waals surface area contributed by atoms with Crippen molar-refractivity contribution in [2.45, 2.75) is 25.1 Å². The molecule has 2 aromatic rings. The van der Waals surface area contributed by atoms with E-state index in [-0.39, 0.29) is 11.8 Å². The minimum absolute atomic E-state index is 0.0359. The van der Waals surface area contributed by atoms with E-state index in [4.69, 9.17) is 34.4 Å². The molecular weight excluding hydrogens is 663 g/mol. The van der Waals surface area contributed by atoms with Gasteiger partial charge in [0.1, 0.15) is 5.01 Å². The van der Waals surface area contributed by atoms with Gasteiger partial charge in [0.25, 0.3) is 0 Å². The molecule has 0 spiro atoms. The Bertz CT molecular complexity index is 1190. The summed E-state index contributed by atoms with van der Waals surface area (Å²) in [6, 6.07) is 3.68. The van der Waals surface area contributed by atoms with Gasteiger partial charge in [-0.3, -0.25) is 14.7 Å². The van der Waals surface area contributed by atoms with Crippen LogP contribution in [0.1, 0.15) is 5.01 Å². The maximum atomic E-state index is 12.7. The van der Waals surface area contributed by atoms with Crippen LogP contribution in [-0.2, 0) is 30.5 Å². The Kier molecular flexibility index (Phi) is 14.6. The van der Waals surface area contributed by atoms with Crippen LogP contribution in [0.15, 0.2) is 36.1 Å². The Balaban J connectivity index is 0.000000396. The van der Waals surface area contributed by atoms with Crippen molar-refractivity contribution in [3.8, 4) is 0 Å². The van der Waals surface area contributed by atoms with Crippen LogP contribution in [0.3, 0.4) is 0 Å². The summed E-state index contributed by atoms with van der Waals surface area (Å²) >= 11 is 1.68. The molecule has 1 amide bonds. The highest BCUT2D eigenvalue weighted by Crippen LogP contribution is 2.35. The summed E-state index contributed by atoms with van der Waals surface area (Å²) in [5.41, 5.74) is 0.738. The summed E-state index contributed by atoms with van der Waals surface area (Å²) in [4.78, 5) is 50.2. The van der Waals surface area contributed by atoms with Gasteiger partial charge in [0.15, 0.2) is 0 Å². The molecule has 252 valence electrons. The highest BCUT2D eigenvalue weighted by atomic mass is 32.1. The second-order valence-corrected chi connectivity index (χ2v) is 9.81. The van der Waals surface area contributed by atoms with E-state index in [2.05, 4.69) is 20.2 Å². The Hall–Kier alpha value is -4.05. The monoisotopic (exact) mass is 686 g/mol. The molecule has 3 atom stereocenters. The number of alkyl halides is 9. The summed E-state index contributed by atoms with van der Waals surface area (Å²) in [7, 11) is 0. The molecular formula is C23H23F9N4O8S. The van der Waals surface area contributed by atoms with Gasteiger partial charge in [-0.2, -0.15) is 39.5 Å². The number of halogens is 9. The quantitative estimate of drug-likeness (QED) is 0.344. The molecule has 0 aromatic carbocycles. The molecule has 2 saturated heterocycles. The number of hydrogen-bond acceptors (Lipinski definition) is 9. The number of carbonyl (C=O) groups excluding carboxylic acids is 1. The van der Waals surface area contributed by atoms with Gasteiger partial charge < -0.3 is 25.4 Å². The number of rotatable bonds is 4. The first-order valence-electron chi connectivity index (χ1n) is 11.9. The third kappa shape index (κ3) is 14.5. The molecule has 4 rings (SSSR count). The molecule has 22 heteroatoms. The van der Waals surface area contributed by atoms with Gasteiger partial charge in [-0.1, -0.05) is 0 Å². The van der Waals surface area contributed by atoms with Gasteiger partial charge in [-0.15, -0.1) is 11.3 Å². The van der Waals surface area contributed by atoms with E-state index in [0.717, 1.165) is 36.9 Å². The number of carboxylic acid groups (broad SMARTS) is 3. The Labute approximate surface area is 250 Å². The van der Waals surface area contributed by atoms with E-state index < -0.39 is 36.4 Å². The van der Waals surface area contributed by atoms with Gasteiger partial charge >= 0.3 is 36.4 Å². The van der Waals surface area contributed by atoms with Crippen LogP contribution >= 0.6 is 11.3 Å². The van der Waals surface area contributed by atoms with Gasteiger partial charge in [0, 0.05) is 30.9 Å². The lowest BCUT2D eigenvalue weighted by Gasteiger charge is -2.32. The van der Waals surface area contributed by atoms with E-state index >= 15 is 0 Å². The zero-order chi connectivity index (χ0) is 34.6. The molecule has 2 aliphatic rings. The zero-order valence-corrected chi connectivity index (χ0v) is 23.1. The summed E-state index contributed by atoms with van der Waals surface area (Å²) in [6.45, 7) is 4.01. The SMILES string of the molecule is O=C(Nc1cccnc1)[C@@H]1COC[C@H]2CN(Cc3nccs3)C[C@H]21.O=C(O)C(F)(F)F.O=C(O)C(F)(F)F.O=C(O)C(F)(F)F. The van der Waals surface area contributed by atoms with Crippen molar-refractivity contribution in [2.75, 3.05) is 31.6 Å². The molecule has 4 N–H and O–H groups in total. The number of anilines is 1. The highest BCUT2D eigenvalue weighted by Gasteiger charge is 2.44. The molecule has 45 heavy (non-hydrogen) atoms. The number of nitrogens with zero attached hydrogens (tertiary/aromatic N) is 3. The molecule has 0 unspecified atom stereocenters. The van der Waals surface area contributed by atoms with E-state index in [1.165, 1.54) is 0 Å². The number of thiazole rings is 1. The van der Waals surface area contributed by atoms with E-state index in [9.17, 15) is 44.3 Å². The van der Waals surface area contributed by atoms with Gasteiger partial charge in [-0.05, 0) is 24.0 Å². The third-order valence-corrected chi connectivity index (χ3v) is 6.31. The molecule has 2 fully saturated rings. The number of carboxylic acids is 3. The lowest BCUT2D eigenvalue weighted by atomic mass is 9.82. The molecule has 0 aliphatic carbocycles. The summed E-state index contributed by atoms with van der Waals surface area (Å²) < 4.78 is 101. The van der Waals surface area contributed by atoms with E-state index in [1.54, 1.807) is 23.7 Å². The second-order valence-electron chi connectivity index (χ2n) is 8.83. The fourth-order valence-electron chi connectivity index (χ4n) is 3.68. The van der Waals surface area contributed by atoms with Crippen molar-refractivity contribution in [3.63, 3.8) is 0 Å². The smallest absolute Gasteiger partial charge is 0.475 e. The fraction of sp³-hybridized carbons (Fsp3) is 0.478. The summed E-state index contributed by atoms with van der Waals surface area (Å²) in [6.07, 6.45) is -10.0. The molecule has 4 heterocycles. The van der Waals surface area contributed by atoms with Crippen LogP contribution in [-0.4, -0.2) is 98.8 Å². The van der Waals surface area contributed by atoms with Crippen molar-refractivity contribution < 1.29 is 78.7 Å². The molecule has 0 bridgehead atoms. The van der Waals surface area contributed by atoms with Crippen LogP contribution < -0.4 is 5.32 Å². The highest BCUT2D eigenvalue weighted by molar-refractivity contribution is 7.09. The first kappa shape index (κ1) is 39.0. The van der Waals surface area contributed by atoms with Gasteiger partial charge in [0.05, 0.1) is 37.6 Å². The average molecular weight is 687 g/mol. The number of aromatic nitrogens is 2. The normalized spacial score (nSPS) is 19.6. The van der Waals surface area contributed by atoms with Crippen molar-refractivity contribution in [1.29, 1.82) is 0 Å². The van der Waals surface area contributed by atoms with Crippen LogP contribution in [0.4, 0.5) is 45.2 Å². The van der Waals surface area contributed by atoms with Crippen LogP contribution in [0.25, 0.3) is 0 Å². The van der Waals surface area contributed by atoms with Crippen LogP contribution in [0, 0.1) is 17.8 Å². The first-order valence-corrected chi connectivity index (χ1v) is 12.8. The first-order chi connectivity index (χ1) is 20.6. The van der Waals surface area contributed by atoms with Crippen molar-refractivity contribution in [2.24, 2.45) is 17.8 Å². The number of hydrogen-bond donors (Lipinski definition) is 4. The Morgan fingerprint density at radius 3 is 1.84 bits per heavy atom. The number of aliphatic carboxylic acids is 3. The fourth-order valence-corrected chi connectivity index (χ4v) is 4.34. The number of nitrogens with one attached hydrogen (secondary N) is 1. The Morgan fingerprint density at radius 2 is 1.42 bits per heavy atom. The minimum Gasteiger partial charge on any atom is -0.475 e. The molecule has 2 aliphatic heterocycles. The molecule has 2 aromatic heterocycles. The number of amides is 1. The van der Waals surface area contributed by atoms with Crippen molar-refractivity contribution >= 4 is 40.8 Å². The number of carbonyl (C=O) groups is 4. The number of pyridine rings is 1. The second kappa shape index (κ2) is 16.9. The van der Waals surface area contributed by atoms with Crippen molar-refractivity contribution in [1.82, 2.24) is 14.9 Å². The number of likely N-dealkylation sites (tertiary alicyclic amines) is 1. The summed E-state index contributed by atoms with van der Waals surface area (Å²) in [5, 5.41) is 27.5. The zero-order valence-electron chi connectivity index (χ0n) is 22.3. The average Bonchev–Trinajstić information content (AvgIpc) is 3.58. The van der Waals surface area contributed by atoms with Crippen LogP contribution in [0.2, 0.25) is 0 Å². The van der Waals surface area contributed by atoms with Crippen molar-refractivity contribution in [3.05, 3.63) is 41.1 Å². The Morgan fingerprint density at radius 1 is 0.889 bits per heavy atom. The molecule has 0 radical (unpaired) electrons. The number of ether oxygens (including phenoxy) is 1. The largest absolute Gasteiger partial charge is 0.490 e. The predicted molar refractivity (Wildman–Crippen MR) is 133 cm³/mol. The minimum atomic E-state index is -5.08. The molecule has 12 nitrogen and oxygen atoms in total. The maximum Gasteiger partial charge on any atom is 0.490 e. The topological polar surface area (TPSA) is 179 Å². The van der Waals surface area contributed by atoms with Gasteiger partial charge in [-0.25, -0.2) is 19.4 Å². The van der Waals surface area contributed by atoms with E-state index in [0.29, 0.717) is 18.4 Å². The predicted octanol–water partition coefficient (Wildman–Crippen LogP) is 3.77. The van der Waals surface area contributed by atoms with E-state index in [1.807, 2.05) is 23.7 Å². The standard InChI is InChI=1S/C17H20N4O2S.3C2HF3O2/c22-17(20-13-2-1-3-18-6-13)15-11-23-10-12-7-21(8-14(12)15)9-16-19-4-5-24-16;3*3-2(4,5)1(6)7/h1-6,12,14-15H,7-11H2,(H,20,22);3*(H,6,7)/t12-,14-,15-;;;/m1.../s1. The maximum absolute atomic E-state index is 12.7. The third-order valence-electron chi connectivity index (χ3n) is 5.55. The lowest BCUT2D eigenvalue weighted by molar-refractivity contribution is -0.193. The lowest BCUT2D eigenvalue weighted by Crippen LogP contribution is -2.41. The van der Waals surface area contributed by atoms with Gasteiger partial charge in [0.2, 0.25) is 5.91 Å². The summed E-state index contributed by atoms with van der Waals surface area (Å²) in [5.74, 6) is -7.58. The molecule has 0 saturated carbocycles. The number of fused-ring (bicyclic) bond motifs is 1. The van der Waals surface area contributed by atoms with Crippen LogP contribution in [0.5, 0.6) is 0 Å².